The third-order valence-electron chi connectivity index (χ3n) is 3.96. The zero-order valence-corrected chi connectivity index (χ0v) is 12.6. The molecule has 1 aliphatic rings. The van der Waals surface area contributed by atoms with E-state index in [1.807, 2.05) is 43.3 Å². The normalized spacial score (nSPS) is 13.3. The van der Waals surface area contributed by atoms with E-state index in [0.717, 1.165) is 27.7 Å². The van der Waals surface area contributed by atoms with Crippen molar-refractivity contribution in [3.8, 4) is 0 Å². The summed E-state index contributed by atoms with van der Waals surface area (Å²) in [5.74, 6) is 0.668. The molecule has 22 heavy (non-hydrogen) atoms. The third-order valence-corrected chi connectivity index (χ3v) is 4.13. The lowest BCUT2D eigenvalue weighted by atomic mass is 9.99. The lowest BCUT2D eigenvalue weighted by molar-refractivity contribution is 0.0994. The predicted molar refractivity (Wildman–Crippen MR) is 87.0 cm³/mol. The number of aryl methyl sites for hydroxylation is 1. The number of ketones is 1. The second-order valence-corrected chi connectivity index (χ2v) is 5.71. The van der Waals surface area contributed by atoms with Crippen molar-refractivity contribution < 1.29 is 4.79 Å². The van der Waals surface area contributed by atoms with Gasteiger partial charge in [0.2, 0.25) is 5.28 Å². The number of aromatic nitrogens is 2. The number of carbonyl (C=O) groups is 1. The SMILES string of the molecule is Cc1nc(Cl)nc2c1CC(=O)c1cc3ccccc3cc1N2. The molecule has 0 radical (unpaired) electrons. The third kappa shape index (κ3) is 2.04. The second kappa shape index (κ2) is 4.78. The summed E-state index contributed by atoms with van der Waals surface area (Å²) < 4.78 is 0. The minimum atomic E-state index is 0.0565. The van der Waals surface area contributed by atoms with E-state index in [-0.39, 0.29) is 17.5 Å². The molecule has 1 N–H and O–H groups in total. The number of hydrogen-bond donors (Lipinski definition) is 1. The molecular weight excluding hydrogens is 298 g/mol. The van der Waals surface area contributed by atoms with Crippen molar-refractivity contribution in [3.05, 3.63) is 58.5 Å². The van der Waals surface area contributed by atoms with Crippen molar-refractivity contribution in [1.82, 2.24) is 9.97 Å². The lowest BCUT2D eigenvalue weighted by Gasteiger charge is -2.10. The average Bonchev–Trinajstić information content (AvgIpc) is 2.62. The number of rotatable bonds is 0. The highest BCUT2D eigenvalue weighted by molar-refractivity contribution is 6.28. The summed E-state index contributed by atoms with van der Waals surface area (Å²) in [6.07, 6.45) is 0.274. The van der Waals surface area contributed by atoms with Gasteiger partial charge in [0.15, 0.2) is 5.78 Å². The highest BCUT2D eigenvalue weighted by atomic mass is 35.5. The number of anilines is 2. The highest BCUT2D eigenvalue weighted by Gasteiger charge is 2.23. The summed E-state index contributed by atoms with van der Waals surface area (Å²) in [5.41, 5.74) is 2.96. The number of fused-ring (bicyclic) bond motifs is 3. The molecule has 2 heterocycles. The fourth-order valence-corrected chi connectivity index (χ4v) is 3.05. The zero-order valence-electron chi connectivity index (χ0n) is 11.9. The quantitative estimate of drug-likeness (QED) is 0.636. The van der Waals surface area contributed by atoms with Crippen molar-refractivity contribution in [1.29, 1.82) is 0 Å². The molecule has 0 unspecified atom stereocenters. The van der Waals surface area contributed by atoms with E-state index >= 15 is 0 Å². The van der Waals surface area contributed by atoms with Crippen LogP contribution in [0.2, 0.25) is 5.28 Å². The average molecular weight is 310 g/mol. The molecule has 4 rings (SSSR count). The molecular formula is C17H12ClN3O. The number of halogens is 1. The van der Waals surface area contributed by atoms with Gasteiger partial charge in [0.25, 0.3) is 0 Å². The topological polar surface area (TPSA) is 54.9 Å². The maximum atomic E-state index is 12.6. The Morgan fingerprint density at radius 2 is 1.86 bits per heavy atom. The Kier molecular flexibility index (Phi) is 2.87. The first-order chi connectivity index (χ1) is 10.6. The van der Waals surface area contributed by atoms with Crippen LogP contribution in [0.4, 0.5) is 11.5 Å². The summed E-state index contributed by atoms with van der Waals surface area (Å²) in [6.45, 7) is 1.84. The van der Waals surface area contributed by atoms with Gasteiger partial charge in [-0.3, -0.25) is 4.79 Å². The van der Waals surface area contributed by atoms with E-state index in [4.69, 9.17) is 11.6 Å². The summed E-state index contributed by atoms with van der Waals surface area (Å²) >= 11 is 5.95. The van der Waals surface area contributed by atoms with Crippen LogP contribution in [0.25, 0.3) is 10.8 Å². The Balaban J connectivity index is 1.97. The number of hydrogen-bond acceptors (Lipinski definition) is 4. The van der Waals surface area contributed by atoms with Crippen molar-refractivity contribution in [2.45, 2.75) is 13.3 Å². The smallest absolute Gasteiger partial charge is 0.224 e. The Labute approximate surface area is 132 Å². The molecule has 0 bridgehead atoms. The van der Waals surface area contributed by atoms with Gasteiger partial charge in [0.1, 0.15) is 5.82 Å². The molecule has 2 aromatic carbocycles. The molecule has 108 valence electrons. The molecule has 0 spiro atoms. The molecule has 1 aromatic heterocycles. The molecule has 3 aromatic rings. The van der Waals surface area contributed by atoms with Gasteiger partial charge in [0, 0.05) is 23.2 Å². The lowest BCUT2D eigenvalue weighted by Crippen LogP contribution is -2.05. The summed E-state index contributed by atoms with van der Waals surface area (Å²) in [5, 5.41) is 5.55. The fourth-order valence-electron chi connectivity index (χ4n) is 2.83. The zero-order chi connectivity index (χ0) is 15.3. The minimum Gasteiger partial charge on any atom is -0.339 e. The Hall–Kier alpha value is -2.46. The van der Waals surface area contributed by atoms with Gasteiger partial charge in [-0.25, -0.2) is 9.97 Å². The first-order valence-corrected chi connectivity index (χ1v) is 7.35. The summed E-state index contributed by atoms with van der Waals surface area (Å²) in [4.78, 5) is 21.0. The van der Waals surface area contributed by atoms with E-state index in [9.17, 15) is 4.79 Å². The van der Waals surface area contributed by atoms with Gasteiger partial charge in [-0.1, -0.05) is 24.3 Å². The van der Waals surface area contributed by atoms with Gasteiger partial charge in [-0.05, 0) is 41.4 Å². The number of nitrogens with zero attached hydrogens (tertiary/aromatic N) is 2. The number of Topliss-reactive ketones (excluding diaryl/α,β-unsaturated/α-hetero) is 1. The maximum absolute atomic E-state index is 12.6. The number of benzene rings is 2. The minimum absolute atomic E-state index is 0.0565. The van der Waals surface area contributed by atoms with Crippen LogP contribution in [0, 0.1) is 6.92 Å². The molecule has 0 atom stereocenters. The molecule has 0 saturated carbocycles. The van der Waals surface area contributed by atoms with E-state index < -0.39 is 0 Å². The Bertz CT molecular complexity index is 937. The van der Waals surface area contributed by atoms with Gasteiger partial charge in [-0.15, -0.1) is 0 Å². The molecule has 5 heteroatoms. The first kappa shape index (κ1) is 13.2. The Morgan fingerprint density at radius 3 is 2.64 bits per heavy atom. The molecule has 0 saturated heterocycles. The van der Waals surface area contributed by atoms with E-state index in [1.165, 1.54) is 0 Å². The monoisotopic (exact) mass is 309 g/mol. The molecule has 1 aliphatic heterocycles. The van der Waals surface area contributed by atoms with Crippen molar-refractivity contribution >= 4 is 39.7 Å². The van der Waals surface area contributed by atoms with Gasteiger partial charge >= 0.3 is 0 Å². The van der Waals surface area contributed by atoms with Gasteiger partial charge in [-0.2, -0.15) is 0 Å². The van der Waals surface area contributed by atoms with Crippen LogP contribution < -0.4 is 5.32 Å². The van der Waals surface area contributed by atoms with Gasteiger partial charge < -0.3 is 5.32 Å². The van der Waals surface area contributed by atoms with Crippen LogP contribution in [0.5, 0.6) is 0 Å². The van der Waals surface area contributed by atoms with E-state index in [0.29, 0.717) is 11.4 Å². The molecule has 0 amide bonds. The Morgan fingerprint density at radius 1 is 1.14 bits per heavy atom. The van der Waals surface area contributed by atoms with Crippen LogP contribution >= 0.6 is 11.6 Å². The van der Waals surface area contributed by atoms with E-state index in [2.05, 4.69) is 15.3 Å². The fraction of sp³-hybridized carbons (Fsp3) is 0.118. The largest absolute Gasteiger partial charge is 0.339 e. The standard InChI is InChI=1S/C17H12ClN3O/c1-9-12-8-15(22)13-6-10-4-2-3-5-11(10)7-14(13)20-16(12)21-17(18)19-9/h2-7H,8H2,1H3,(H,19,20,21). The highest BCUT2D eigenvalue weighted by Crippen LogP contribution is 2.33. The van der Waals surface area contributed by atoms with Gasteiger partial charge in [0.05, 0.1) is 5.69 Å². The van der Waals surface area contributed by atoms with Crippen LogP contribution in [-0.2, 0) is 6.42 Å². The molecule has 0 fully saturated rings. The first-order valence-electron chi connectivity index (χ1n) is 6.98. The maximum Gasteiger partial charge on any atom is 0.224 e. The predicted octanol–water partition coefficient (Wildman–Crippen LogP) is 4.07. The van der Waals surface area contributed by atoms with Crippen LogP contribution in [0.3, 0.4) is 0 Å². The molecule has 4 nitrogen and oxygen atoms in total. The van der Waals surface area contributed by atoms with Crippen LogP contribution in [-0.4, -0.2) is 15.8 Å². The van der Waals surface area contributed by atoms with Crippen LogP contribution in [0.1, 0.15) is 21.6 Å². The van der Waals surface area contributed by atoms with E-state index in [1.54, 1.807) is 0 Å². The molecule has 0 aliphatic carbocycles. The van der Waals surface area contributed by atoms with Crippen molar-refractivity contribution in [3.63, 3.8) is 0 Å². The van der Waals surface area contributed by atoms with Crippen molar-refractivity contribution in [2.75, 3.05) is 5.32 Å². The second-order valence-electron chi connectivity index (χ2n) is 5.38. The summed E-state index contributed by atoms with van der Waals surface area (Å²) in [6, 6.07) is 11.9. The van der Waals surface area contributed by atoms with Crippen molar-refractivity contribution in [2.24, 2.45) is 0 Å². The number of nitrogens with one attached hydrogen (secondary N) is 1. The summed E-state index contributed by atoms with van der Waals surface area (Å²) in [7, 11) is 0. The number of carbonyl (C=O) groups excluding carboxylic acids is 1. The van der Waals surface area contributed by atoms with Crippen LogP contribution in [0.15, 0.2) is 36.4 Å².